The zero-order valence-corrected chi connectivity index (χ0v) is 14.3. The molecule has 118 valence electrons. The Morgan fingerprint density at radius 3 is 2.74 bits per heavy atom. The zero-order chi connectivity index (χ0) is 16.4. The lowest BCUT2D eigenvalue weighted by molar-refractivity contribution is -0.128. The summed E-state index contributed by atoms with van der Waals surface area (Å²) >= 11 is 3.39. The second kappa shape index (κ2) is 6.54. The molecule has 1 atom stereocenters. The van der Waals surface area contributed by atoms with E-state index in [-0.39, 0.29) is 11.8 Å². The normalized spacial score (nSPS) is 17.7. The highest BCUT2D eigenvalue weighted by molar-refractivity contribution is 9.10. The maximum absolute atomic E-state index is 12.9. The molecule has 23 heavy (non-hydrogen) atoms. The first kappa shape index (κ1) is 15.7. The molecule has 3 rings (SSSR count). The van der Waals surface area contributed by atoms with Crippen molar-refractivity contribution in [2.75, 3.05) is 13.1 Å². The molecule has 4 nitrogen and oxygen atoms in total. The predicted octanol–water partition coefficient (Wildman–Crippen LogP) is 3.07. The maximum Gasteiger partial charge on any atom is 0.254 e. The fourth-order valence-electron chi connectivity index (χ4n) is 2.88. The van der Waals surface area contributed by atoms with Gasteiger partial charge in [-0.25, -0.2) is 0 Å². The minimum atomic E-state index is -0.587. The lowest BCUT2D eigenvalue weighted by Gasteiger charge is -2.36. The maximum atomic E-state index is 12.9. The zero-order valence-electron chi connectivity index (χ0n) is 12.8. The Morgan fingerprint density at radius 2 is 2.00 bits per heavy atom. The number of hydrogen-bond donors (Lipinski definition) is 1. The van der Waals surface area contributed by atoms with E-state index in [0.717, 1.165) is 15.6 Å². The van der Waals surface area contributed by atoms with Gasteiger partial charge in [-0.2, -0.15) is 0 Å². The number of nitrogens with one attached hydrogen (secondary N) is 1. The average Bonchev–Trinajstić information content (AvgIpc) is 2.55. The Kier molecular flexibility index (Phi) is 4.48. The van der Waals surface area contributed by atoms with Crippen LogP contribution in [0.25, 0.3) is 0 Å². The van der Waals surface area contributed by atoms with Gasteiger partial charge in [0, 0.05) is 23.1 Å². The molecule has 1 N–H and O–H groups in total. The van der Waals surface area contributed by atoms with E-state index in [1.54, 1.807) is 17.0 Å². The fraction of sp³-hybridized carbons (Fsp3) is 0.222. The Hall–Kier alpha value is -2.14. The van der Waals surface area contributed by atoms with Gasteiger partial charge in [0.05, 0.1) is 0 Å². The van der Waals surface area contributed by atoms with Gasteiger partial charge in [-0.05, 0) is 36.2 Å². The van der Waals surface area contributed by atoms with E-state index in [0.29, 0.717) is 18.7 Å². The third-order valence-corrected chi connectivity index (χ3v) is 4.52. The minimum absolute atomic E-state index is 0.130. The highest BCUT2D eigenvalue weighted by Gasteiger charge is 2.35. The Labute approximate surface area is 143 Å². The summed E-state index contributed by atoms with van der Waals surface area (Å²) in [6, 6.07) is 14.4. The first-order valence-electron chi connectivity index (χ1n) is 7.47. The summed E-state index contributed by atoms with van der Waals surface area (Å²) in [5.41, 5.74) is 2.45. The van der Waals surface area contributed by atoms with Crippen LogP contribution in [0.15, 0.2) is 53.0 Å². The summed E-state index contributed by atoms with van der Waals surface area (Å²) in [7, 11) is 0. The summed E-state index contributed by atoms with van der Waals surface area (Å²) in [5, 5.41) is 2.86. The van der Waals surface area contributed by atoms with Gasteiger partial charge in [-0.1, -0.05) is 46.3 Å². The second-order valence-electron chi connectivity index (χ2n) is 5.56. The highest BCUT2D eigenvalue weighted by Crippen LogP contribution is 2.28. The number of rotatable bonds is 2. The molecule has 2 aromatic carbocycles. The number of carbonyl (C=O) groups excluding carboxylic acids is 2. The fourth-order valence-corrected chi connectivity index (χ4v) is 3.27. The molecular weight excluding hydrogens is 356 g/mol. The molecule has 5 heteroatoms. The third kappa shape index (κ3) is 3.15. The second-order valence-corrected chi connectivity index (χ2v) is 6.47. The number of piperazine rings is 1. The SMILES string of the molecule is Cc1ccccc1C1C(=O)NCCN1C(=O)c1cccc(Br)c1. The van der Waals surface area contributed by atoms with Gasteiger partial charge in [-0.15, -0.1) is 0 Å². The molecule has 1 heterocycles. The van der Waals surface area contributed by atoms with Crippen molar-refractivity contribution in [2.24, 2.45) is 0 Å². The van der Waals surface area contributed by atoms with Crippen LogP contribution in [0.4, 0.5) is 0 Å². The minimum Gasteiger partial charge on any atom is -0.352 e. The molecule has 0 aromatic heterocycles. The van der Waals surface area contributed by atoms with Gasteiger partial charge < -0.3 is 10.2 Å². The van der Waals surface area contributed by atoms with Gasteiger partial charge in [0.1, 0.15) is 6.04 Å². The van der Waals surface area contributed by atoms with Crippen molar-refractivity contribution in [1.82, 2.24) is 10.2 Å². The first-order valence-corrected chi connectivity index (χ1v) is 8.27. The Bertz CT molecular complexity index is 760. The van der Waals surface area contributed by atoms with Crippen molar-refractivity contribution in [3.05, 3.63) is 69.7 Å². The third-order valence-electron chi connectivity index (χ3n) is 4.03. The van der Waals surface area contributed by atoms with E-state index in [1.165, 1.54) is 0 Å². The lowest BCUT2D eigenvalue weighted by Crippen LogP contribution is -2.52. The molecule has 0 radical (unpaired) electrons. The van der Waals surface area contributed by atoms with Gasteiger partial charge in [0.25, 0.3) is 5.91 Å². The summed E-state index contributed by atoms with van der Waals surface area (Å²) in [6.45, 7) is 2.93. The van der Waals surface area contributed by atoms with E-state index < -0.39 is 6.04 Å². The highest BCUT2D eigenvalue weighted by atomic mass is 79.9. The van der Waals surface area contributed by atoms with Crippen molar-refractivity contribution in [3.8, 4) is 0 Å². The molecule has 1 saturated heterocycles. The van der Waals surface area contributed by atoms with E-state index in [9.17, 15) is 9.59 Å². The van der Waals surface area contributed by atoms with Crippen molar-refractivity contribution in [2.45, 2.75) is 13.0 Å². The number of amides is 2. The van der Waals surface area contributed by atoms with Crippen LogP contribution in [-0.2, 0) is 4.79 Å². The number of aryl methyl sites for hydroxylation is 1. The number of carbonyl (C=O) groups is 2. The monoisotopic (exact) mass is 372 g/mol. The van der Waals surface area contributed by atoms with Crippen LogP contribution in [0, 0.1) is 6.92 Å². The summed E-state index contributed by atoms with van der Waals surface area (Å²) in [4.78, 5) is 27.0. The topological polar surface area (TPSA) is 49.4 Å². The molecule has 1 aliphatic rings. The molecule has 0 spiro atoms. The molecule has 1 unspecified atom stereocenters. The molecule has 1 aliphatic heterocycles. The van der Waals surface area contributed by atoms with Crippen molar-refractivity contribution in [3.63, 3.8) is 0 Å². The molecule has 2 aromatic rings. The average molecular weight is 373 g/mol. The lowest BCUT2D eigenvalue weighted by atomic mass is 9.97. The van der Waals surface area contributed by atoms with Crippen molar-refractivity contribution in [1.29, 1.82) is 0 Å². The largest absolute Gasteiger partial charge is 0.352 e. The smallest absolute Gasteiger partial charge is 0.254 e. The quantitative estimate of drug-likeness (QED) is 0.880. The number of benzene rings is 2. The van der Waals surface area contributed by atoms with E-state index in [2.05, 4.69) is 21.2 Å². The summed E-state index contributed by atoms with van der Waals surface area (Å²) in [5.74, 6) is -0.261. The Morgan fingerprint density at radius 1 is 1.22 bits per heavy atom. The van der Waals surface area contributed by atoms with Crippen LogP contribution < -0.4 is 5.32 Å². The molecule has 1 fully saturated rings. The van der Waals surface area contributed by atoms with Crippen molar-refractivity contribution < 1.29 is 9.59 Å². The number of nitrogens with zero attached hydrogens (tertiary/aromatic N) is 1. The van der Waals surface area contributed by atoms with E-state index >= 15 is 0 Å². The van der Waals surface area contributed by atoms with Gasteiger partial charge >= 0.3 is 0 Å². The van der Waals surface area contributed by atoms with Crippen LogP contribution in [-0.4, -0.2) is 29.8 Å². The van der Waals surface area contributed by atoms with E-state index in [4.69, 9.17) is 0 Å². The van der Waals surface area contributed by atoms with E-state index in [1.807, 2.05) is 43.3 Å². The van der Waals surface area contributed by atoms with Crippen LogP contribution in [0.2, 0.25) is 0 Å². The van der Waals surface area contributed by atoms with Gasteiger partial charge in [0.2, 0.25) is 5.91 Å². The van der Waals surface area contributed by atoms with Gasteiger partial charge in [0.15, 0.2) is 0 Å². The standard InChI is InChI=1S/C18H17BrN2O2/c1-12-5-2-3-8-15(12)16-17(22)20-9-10-21(16)18(23)13-6-4-7-14(19)11-13/h2-8,11,16H,9-10H2,1H3,(H,20,22). The summed E-state index contributed by atoms with van der Waals surface area (Å²) in [6.07, 6.45) is 0. The van der Waals surface area contributed by atoms with Crippen LogP contribution in [0.3, 0.4) is 0 Å². The van der Waals surface area contributed by atoms with Crippen LogP contribution >= 0.6 is 15.9 Å². The molecule has 2 amide bonds. The molecule has 0 aliphatic carbocycles. The molecule has 0 bridgehead atoms. The van der Waals surface area contributed by atoms with Crippen LogP contribution in [0.5, 0.6) is 0 Å². The molecule has 0 saturated carbocycles. The number of hydrogen-bond acceptors (Lipinski definition) is 2. The number of halogens is 1. The van der Waals surface area contributed by atoms with Crippen LogP contribution in [0.1, 0.15) is 27.5 Å². The Balaban J connectivity index is 2.00. The summed E-state index contributed by atoms with van der Waals surface area (Å²) < 4.78 is 0.845. The predicted molar refractivity (Wildman–Crippen MR) is 92.1 cm³/mol. The first-order chi connectivity index (χ1) is 11.1. The molecular formula is C18H17BrN2O2. The van der Waals surface area contributed by atoms with Crippen molar-refractivity contribution >= 4 is 27.7 Å². The van der Waals surface area contributed by atoms with Gasteiger partial charge in [-0.3, -0.25) is 9.59 Å².